The van der Waals surface area contributed by atoms with Gasteiger partial charge in [-0.05, 0) is 13.8 Å². The van der Waals surface area contributed by atoms with Crippen LogP contribution in [0.5, 0.6) is 0 Å². The molecule has 0 spiro atoms. The van der Waals surface area contributed by atoms with Crippen LogP contribution in [0.1, 0.15) is 13.8 Å². The summed E-state index contributed by atoms with van der Waals surface area (Å²) in [5, 5.41) is 10.5. The number of amides is 1. The number of hydrogen-bond acceptors (Lipinski definition) is 5. The number of aromatic amines is 1. The Morgan fingerprint density at radius 1 is 1.47 bits per heavy atom. The highest BCUT2D eigenvalue weighted by molar-refractivity contribution is 8.01. The lowest BCUT2D eigenvalue weighted by Gasteiger charge is -2.33. The minimum absolute atomic E-state index is 0.153. The van der Waals surface area contributed by atoms with Gasteiger partial charge in [0, 0.05) is 26.2 Å². The van der Waals surface area contributed by atoms with Gasteiger partial charge < -0.3 is 10.2 Å². The molecule has 1 aromatic heterocycles. The minimum Gasteiger partial charge on any atom is -0.339 e. The molecule has 0 aliphatic carbocycles. The van der Waals surface area contributed by atoms with Crippen molar-refractivity contribution >= 4 is 17.7 Å². The number of aromatic nitrogens is 3. The summed E-state index contributed by atoms with van der Waals surface area (Å²) >= 11 is 1.41. The van der Waals surface area contributed by atoms with Gasteiger partial charge in [-0.3, -0.25) is 9.89 Å². The zero-order valence-electron chi connectivity index (χ0n) is 10.1. The van der Waals surface area contributed by atoms with Gasteiger partial charge in [-0.1, -0.05) is 11.8 Å². The smallest absolute Gasteiger partial charge is 0.238 e. The highest BCUT2D eigenvalue weighted by Gasteiger charge is 2.34. The van der Waals surface area contributed by atoms with Crippen molar-refractivity contribution in [2.75, 3.05) is 26.2 Å². The van der Waals surface area contributed by atoms with Gasteiger partial charge in [0.05, 0.1) is 4.75 Å². The van der Waals surface area contributed by atoms with Crippen molar-refractivity contribution < 1.29 is 4.79 Å². The van der Waals surface area contributed by atoms with Crippen molar-refractivity contribution in [3.8, 4) is 0 Å². The molecule has 0 bridgehead atoms. The van der Waals surface area contributed by atoms with Crippen LogP contribution in [0.2, 0.25) is 0 Å². The van der Waals surface area contributed by atoms with E-state index in [0.29, 0.717) is 5.16 Å². The lowest BCUT2D eigenvalue weighted by molar-refractivity contribution is -0.133. The predicted molar refractivity (Wildman–Crippen MR) is 65.8 cm³/mol. The summed E-state index contributed by atoms with van der Waals surface area (Å²) in [5.74, 6) is 0.153. The van der Waals surface area contributed by atoms with E-state index < -0.39 is 4.75 Å². The summed E-state index contributed by atoms with van der Waals surface area (Å²) in [5.41, 5.74) is 0. The maximum Gasteiger partial charge on any atom is 0.238 e. The molecule has 1 aliphatic heterocycles. The van der Waals surface area contributed by atoms with E-state index in [1.807, 2.05) is 18.7 Å². The normalized spacial score (nSPS) is 17.2. The fourth-order valence-corrected chi connectivity index (χ4v) is 2.68. The number of thioether (sulfide) groups is 1. The summed E-state index contributed by atoms with van der Waals surface area (Å²) in [4.78, 5) is 18.3. The largest absolute Gasteiger partial charge is 0.339 e. The molecule has 0 saturated carbocycles. The van der Waals surface area contributed by atoms with Gasteiger partial charge in [0.25, 0.3) is 0 Å². The Bertz CT molecular complexity index is 372. The van der Waals surface area contributed by atoms with E-state index in [2.05, 4.69) is 20.5 Å². The molecule has 2 rings (SSSR count). The van der Waals surface area contributed by atoms with Gasteiger partial charge in [0.15, 0.2) is 5.16 Å². The third-order valence-electron chi connectivity index (χ3n) is 2.66. The Labute approximate surface area is 105 Å². The van der Waals surface area contributed by atoms with E-state index in [-0.39, 0.29) is 5.91 Å². The number of carbonyl (C=O) groups excluding carboxylic acids is 1. The molecule has 94 valence electrons. The van der Waals surface area contributed by atoms with Crippen LogP contribution >= 0.6 is 11.8 Å². The molecule has 1 aromatic rings. The molecule has 2 N–H and O–H groups in total. The zero-order chi connectivity index (χ0) is 12.3. The Hall–Kier alpha value is -1.08. The number of nitrogens with zero attached hydrogens (tertiary/aromatic N) is 3. The summed E-state index contributed by atoms with van der Waals surface area (Å²) in [6.07, 6.45) is 1.45. The fourth-order valence-electron chi connectivity index (χ4n) is 1.78. The fraction of sp³-hybridized carbons (Fsp3) is 0.700. The summed E-state index contributed by atoms with van der Waals surface area (Å²) < 4.78 is -0.517. The van der Waals surface area contributed by atoms with Crippen LogP contribution < -0.4 is 5.32 Å². The third kappa shape index (κ3) is 2.98. The average Bonchev–Trinajstić information content (AvgIpc) is 2.81. The average molecular weight is 255 g/mol. The van der Waals surface area contributed by atoms with E-state index in [1.54, 1.807) is 0 Å². The molecule has 0 atom stereocenters. The van der Waals surface area contributed by atoms with Crippen molar-refractivity contribution in [1.29, 1.82) is 0 Å². The molecule has 0 unspecified atom stereocenters. The Morgan fingerprint density at radius 3 is 2.76 bits per heavy atom. The molecule has 1 aliphatic rings. The van der Waals surface area contributed by atoms with Crippen molar-refractivity contribution in [2.24, 2.45) is 0 Å². The maximum atomic E-state index is 12.4. The summed E-state index contributed by atoms with van der Waals surface area (Å²) in [7, 11) is 0. The highest BCUT2D eigenvalue weighted by atomic mass is 32.2. The molecule has 2 heterocycles. The minimum atomic E-state index is -0.517. The topological polar surface area (TPSA) is 73.9 Å². The molecule has 0 radical (unpaired) electrons. The van der Waals surface area contributed by atoms with Gasteiger partial charge in [-0.2, -0.15) is 5.10 Å². The van der Waals surface area contributed by atoms with Crippen molar-refractivity contribution in [2.45, 2.75) is 23.8 Å². The molecule has 17 heavy (non-hydrogen) atoms. The Morgan fingerprint density at radius 2 is 2.18 bits per heavy atom. The molecule has 1 fully saturated rings. The number of piperazine rings is 1. The standard InChI is InChI=1S/C10H17N5OS/c1-10(2,17-9-12-7-13-14-9)8(16)15-5-3-11-4-6-15/h7,11H,3-6H2,1-2H3,(H,12,13,14). The van der Waals surface area contributed by atoms with E-state index in [1.165, 1.54) is 18.1 Å². The zero-order valence-corrected chi connectivity index (χ0v) is 10.9. The lowest BCUT2D eigenvalue weighted by atomic mass is 10.1. The van der Waals surface area contributed by atoms with Crippen LogP contribution in [0.25, 0.3) is 0 Å². The lowest BCUT2D eigenvalue weighted by Crippen LogP contribution is -2.51. The molecule has 1 amide bonds. The van der Waals surface area contributed by atoms with Crippen LogP contribution in [0, 0.1) is 0 Å². The van der Waals surface area contributed by atoms with Crippen molar-refractivity contribution in [3.63, 3.8) is 0 Å². The molecule has 7 heteroatoms. The van der Waals surface area contributed by atoms with Gasteiger partial charge in [0.2, 0.25) is 5.91 Å². The Balaban J connectivity index is 2.00. The van der Waals surface area contributed by atoms with E-state index in [0.717, 1.165) is 26.2 Å². The second-order valence-electron chi connectivity index (χ2n) is 4.45. The first-order valence-electron chi connectivity index (χ1n) is 5.64. The monoisotopic (exact) mass is 255 g/mol. The maximum absolute atomic E-state index is 12.4. The SMILES string of the molecule is CC(C)(Sc1ncn[nH]1)C(=O)N1CCNCC1. The first-order valence-corrected chi connectivity index (χ1v) is 6.46. The van der Waals surface area contributed by atoms with Gasteiger partial charge in [-0.15, -0.1) is 0 Å². The van der Waals surface area contributed by atoms with E-state index >= 15 is 0 Å². The predicted octanol–water partition coefficient (Wildman–Crippen LogP) is 0.107. The van der Waals surface area contributed by atoms with E-state index in [4.69, 9.17) is 0 Å². The second kappa shape index (κ2) is 5.05. The van der Waals surface area contributed by atoms with E-state index in [9.17, 15) is 4.79 Å². The van der Waals surface area contributed by atoms with Crippen LogP contribution in [-0.4, -0.2) is 56.9 Å². The summed E-state index contributed by atoms with van der Waals surface area (Å²) in [6.45, 7) is 7.14. The number of nitrogens with one attached hydrogen (secondary N) is 2. The molecule has 1 saturated heterocycles. The third-order valence-corrected chi connectivity index (χ3v) is 3.74. The van der Waals surface area contributed by atoms with Crippen LogP contribution in [-0.2, 0) is 4.79 Å². The molecule has 6 nitrogen and oxygen atoms in total. The van der Waals surface area contributed by atoms with Crippen molar-refractivity contribution in [1.82, 2.24) is 25.4 Å². The number of carbonyl (C=O) groups is 1. The second-order valence-corrected chi connectivity index (χ2v) is 6.06. The molecule has 0 aromatic carbocycles. The van der Waals surface area contributed by atoms with Gasteiger partial charge in [0.1, 0.15) is 6.33 Å². The summed E-state index contributed by atoms with van der Waals surface area (Å²) in [6, 6.07) is 0. The Kier molecular flexibility index (Phi) is 3.68. The van der Waals surface area contributed by atoms with Crippen LogP contribution in [0.4, 0.5) is 0 Å². The number of rotatable bonds is 3. The number of hydrogen-bond donors (Lipinski definition) is 2. The molecular weight excluding hydrogens is 238 g/mol. The van der Waals surface area contributed by atoms with Gasteiger partial charge in [-0.25, -0.2) is 4.98 Å². The first kappa shape index (κ1) is 12.4. The highest BCUT2D eigenvalue weighted by Crippen LogP contribution is 2.31. The first-order chi connectivity index (χ1) is 8.09. The van der Waals surface area contributed by atoms with Crippen LogP contribution in [0.15, 0.2) is 11.5 Å². The van der Waals surface area contributed by atoms with Crippen LogP contribution in [0.3, 0.4) is 0 Å². The molecular formula is C10H17N5OS. The van der Waals surface area contributed by atoms with Gasteiger partial charge >= 0.3 is 0 Å². The quantitative estimate of drug-likeness (QED) is 0.750. The number of H-pyrrole nitrogens is 1. The van der Waals surface area contributed by atoms with Crippen molar-refractivity contribution in [3.05, 3.63) is 6.33 Å².